The third-order valence-corrected chi connectivity index (χ3v) is 4.31. The molecule has 0 aliphatic carbocycles. The van der Waals surface area contributed by atoms with Crippen LogP contribution in [0, 0.1) is 0 Å². The molecule has 0 rings (SSSR count). The van der Waals surface area contributed by atoms with Crippen molar-refractivity contribution in [1.82, 2.24) is 0 Å². The van der Waals surface area contributed by atoms with E-state index in [4.69, 9.17) is 19.9 Å². The van der Waals surface area contributed by atoms with Gasteiger partial charge in [-0.05, 0) is 19.8 Å². The van der Waals surface area contributed by atoms with Crippen LogP contribution in [0.25, 0.3) is 0 Å². The third-order valence-electron chi connectivity index (χ3n) is 2.11. The van der Waals surface area contributed by atoms with Gasteiger partial charge in [-0.3, -0.25) is 9.36 Å². The van der Waals surface area contributed by atoms with E-state index in [0.29, 0.717) is 19.3 Å². The molecule has 0 aliphatic rings. The summed E-state index contributed by atoms with van der Waals surface area (Å²) in [6, 6.07) is 0. The average molecular weight is 253 g/mol. The number of hydrogen-bond donors (Lipinski definition) is 2. The normalized spacial score (nSPS) is 16.7. The molecule has 6 nitrogen and oxygen atoms in total. The van der Waals surface area contributed by atoms with Crippen LogP contribution < -0.4 is 5.73 Å². The molecule has 2 atom stereocenters. The topological polar surface area (TPSA) is 98.9 Å². The van der Waals surface area contributed by atoms with Gasteiger partial charge in [-0.25, -0.2) is 0 Å². The van der Waals surface area contributed by atoms with Gasteiger partial charge in [0.15, 0.2) is 0 Å². The molecule has 0 aromatic carbocycles. The van der Waals surface area contributed by atoms with Crippen LogP contribution in [-0.2, 0) is 18.4 Å². The highest BCUT2D eigenvalue weighted by molar-refractivity contribution is 7.54. The van der Waals surface area contributed by atoms with Crippen molar-refractivity contribution in [3.05, 3.63) is 0 Å². The van der Waals surface area contributed by atoms with E-state index in [2.05, 4.69) is 0 Å². The maximum atomic E-state index is 11.9. The predicted octanol–water partition coefficient (Wildman–Crippen LogP) is 1.79. The van der Waals surface area contributed by atoms with E-state index in [1.807, 2.05) is 0 Å². The highest BCUT2D eigenvalue weighted by Gasteiger charge is 2.30. The summed E-state index contributed by atoms with van der Waals surface area (Å²) < 4.78 is 21.7. The zero-order valence-electron chi connectivity index (χ0n) is 9.72. The second kappa shape index (κ2) is 7.79. The number of carbonyl (C=O) groups is 1. The summed E-state index contributed by atoms with van der Waals surface area (Å²) in [4.78, 5) is 10.3. The summed E-state index contributed by atoms with van der Waals surface area (Å²) in [5.74, 6) is -1.53. The second-order valence-electron chi connectivity index (χ2n) is 3.35. The lowest BCUT2D eigenvalue weighted by molar-refractivity contribution is -0.137. The van der Waals surface area contributed by atoms with Gasteiger partial charge in [-0.2, -0.15) is 0 Å². The van der Waals surface area contributed by atoms with Crippen molar-refractivity contribution in [3.63, 3.8) is 0 Å². The minimum absolute atomic E-state index is 0.0959. The molecule has 0 bridgehead atoms. The first-order chi connectivity index (χ1) is 7.46. The fourth-order valence-corrected chi connectivity index (χ4v) is 2.68. The molecule has 0 radical (unpaired) electrons. The van der Waals surface area contributed by atoms with Crippen LogP contribution in [0.15, 0.2) is 0 Å². The van der Waals surface area contributed by atoms with Crippen molar-refractivity contribution in [2.45, 2.75) is 38.4 Å². The summed E-state index contributed by atoms with van der Waals surface area (Å²) in [6.45, 7) is 1.98. The molecule has 0 fully saturated rings. The zero-order chi connectivity index (χ0) is 12.6. The van der Waals surface area contributed by atoms with Crippen molar-refractivity contribution < 1.29 is 23.5 Å². The minimum atomic E-state index is -3.22. The third kappa shape index (κ3) is 5.61. The number of hydrogen-bond acceptors (Lipinski definition) is 5. The van der Waals surface area contributed by atoms with Gasteiger partial charge in [0.25, 0.3) is 0 Å². The fourth-order valence-electron chi connectivity index (χ4n) is 1.25. The summed E-state index contributed by atoms with van der Waals surface area (Å²) in [5, 5.41) is 8.43. The van der Waals surface area contributed by atoms with E-state index in [1.54, 1.807) is 6.92 Å². The SMILES string of the molecule is CCOP(=O)(OC)C(N)CCCCC(=O)O. The molecule has 16 heavy (non-hydrogen) atoms. The van der Waals surface area contributed by atoms with Gasteiger partial charge >= 0.3 is 13.6 Å². The summed E-state index contributed by atoms with van der Waals surface area (Å²) in [6.07, 6.45) is 1.63. The van der Waals surface area contributed by atoms with Crippen molar-refractivity contribution in [2.75, 3.05) is 13.7 Å². The number of unbranched alkanes of at least 4 members (excludes halogenated alkanes) is 1. The zero-order valence-corrected chi connectivity index (χ0v) is 10.6. The Morgan fingerprint density at radius 3 is 2.56 bits per heavy atom. The molecule has 0 saturated carbocycles. The maximum absolute atomic E-state index is 11.9. The van der Waals surface area contributed by atoms with Crippen molar-refractivity contribution in [2.24, 2.45) is 5.73 Å². The Morgan fingerprint density at radius 2 is 2.12 bits per heavy atom. The van der Waals surface area contributed by atoms with Gasteiger partial charge < -0.3 is 19.9 Å². The second-order valence-corrected chi connectivity index (χ2v) is 5.71. The first-order valence-corrected chi connectivity index (χ1v) is 6.84. The first kappa shape index (κ1) is 15.6. The van der Waals surface area contributed by atoms with E-state index < -0.39 is 19.3 Å². The first-order valence-electron chi connectivity index (χ1n) is 5.23. The number of nitrogens with two attached hydrogens (primary N) is 1. The van der Waals surface area contributed by atoms with Crippen LogP contribution >= 0.6 is 7.60 Å². The Kier molecular flexibility index (Phi) is 7.58. The van der Waals surface area contributed by atoms with Gasteiger partial charge in [0.2, 0.25) is 0 Å². The van der Waals surface area contributed by atoms with Gasteiger partial charge in [-0.15, -0.1) is 0 Å². The Labute approximate surface area is 95.6 Å². The van der Waals surface area contributed by atoms with Crippen molar-refractivity contribution in [3.8, 4) is 0 Å². The van der Waals surface area contributed by atoms with Crippen molar-refractivity contribution >= 4 is 13.6 Å². The van der Waals surface area contributed by atoms with E-state index in [0.717, 1.165) is 0 Å². The smallest absolute Gasteiger partial charge is 0.346 e. The lowest BCUT2D eigenvalue weighted by Crippen LogP contribution is -2.22. The molecule has 0 saturated heterocycles. The number of carboxylic acids is 1. The van der Waals surface area contributed by atoms with Gasteiger partial charge in [0.1, 0.15) is 5.78 Å². The molecule has 0 aliphatic heterocycles. The molecule has 0 heterocycles. The van der Waals surface area contributed by atoms with Gasteiger partial charge in [0, 0.05) is 13.5 Å². The predicted molar refractivity (Wildman–Crippen MR) is 60.3 cm³/mol. The van der Waals surface area contributed by atoms with E-state index in [9.17, 15) is 9.36 Å². The minimum Gasteiger partial charge on any atom is -0.481 e. The van der Waals surface area contributed by atoms with Crippen LogP contribution in [-0.4, -0.2) is 30.6 Å². The highest BCUT2D eigenvalue weighted by atomic mass is 31.2. The van der Waals surface area contributed by atoms with Gasteiger partial charge in [0.05, 0.1) is 6.61 Å². The van der Waals surface area contributed by atoms with Crippen molar-refractivity contribution in [1.29, 1.82) is 0 Å². The molecular weight excluding hydrogens is 233 g/mol. The lowest BCUT2D eigenvalue weighted by Gasteiger charge is -2.21. The highest BCUT2D eigenvalue weighted by Crippen LogP contribution is 2.51. The van der Waals surface area contributed by atoms with E-state index in [-0.39, 0.29) is 13.0 Å². The largest absolute Gasteiger partial charge is 0.481 e. The molecule has 0 aromatic heterocycles. The maximum Gasteiger partial charge on any atom is 0.346 e. The fraction of sp³-hybridized carbons (Fsp3) is 0.889. The number of aliphatic carboxylic acids is 1. The van der Waals surface area contributed by atoms with E-state index >= 15 is 0 Å². The molecule has 0 aromatic rings. The van der Waals surface area contributed by atoms with Crippen LogP contribution in [0.3, 0.4) is 0 Å². The Bertz CT molecular complexity index is 258. The van der Waals surface area contributed by atoms with Crippen LogP contribution in [0.5, 0.6) is 0 Å². The standard InChI is InChI=1S/C9H20NO5P/c1-3-15-16(13,14-2)8(10)6-4-5-7-9(11)12/h8H,3-7,10H2,1-2H3,(H,11,12). The quantitative estimate of drug-likeness (QED) is 0.480. The number of rotatable bonds is 9. The molecule has 0 amide bonds. The molecule has 7 heteroatoms. The molecule has 3 N–H and O–H groups in total. The average Bonchev–Trinajstić information content (AvgIpc) is 2.24. The summed E-state index contributed by atoms with van der Waals surface area (Å²) in [7, 11) is -1.93. The summed E-state index contributed by atoms with van der Waals surface area (Å²) >= 11 is 0. The molecule has 96 valence electrons. The van der Waals surface area contributed by atoms with Crippen LogP contribution in [0.4, 0.5) is 0 Å². The van der Waals surface area contributed by atoms with Crippen LogP contribution in [0.1, 0.15) is 32.6 Å². The van der Waals surface area contributed by atoms with Crippen LogP contribution in [0.2, 0.25) is 0 Å². The molecule has 2 unspecified atom stereocenters. The van der Waals surface area contributed by atoms with Gasteiger partial charge in [-0.1, -0.05) is 6.42 Å². The Balaban J connectivity index is 3.97. The summed E-state index contributed by atoms with van der Waals surface area (Å²) in [5.41, 5.74) is 5.71. The molecule has 0 spiro atoms. The lowest BCUT2D eigenvalue weighted by atomic mass is 10.2. The number of carboxylic acid groups (broad SMARTS) is 1. The Hall–Kier alpha value is -0.420. The van der Waals surface area contributed by atoms with E-state index in [1.165, 1.54) is 7.11 Å². The molecular formula is C9H20NO5P. The monoisotopic (exact) mass is 253 g/mol. The Morgan fingerprint density at radius 1 is 1.50 bits per heavy atom.